The summed E-state index contributed by atoms with van der Waals surface area (Å²) < 4.78 is 26.7. The molecule has 1 N–H and O–H groups in total. The number of nitrogens with zero attached hydrogens (tertiary/aromatic N) is 1. The molecule has 0 radical (unpaired) electrons. The third kappa shape index (κ3) is 4.00. The summed E-state index contributed by atoms with van der Waals surface area (Å²) in [7, 11) is -3.36. The molecule has 0 fully saturated rings. The Morgan fingerprint density at radius 2 is 2.00 bits per heavy atom. The highest BCUT2D eigenvalue weighted by Crippen LogP contribution is 2.33. The Kier molecular flexibility index (Phi) is 4.82. The maximum Gasteiger partial charge on any atom is 0.264 e. The van der Waals surface area contributed by atoms with E-state index < -0.39 is 10.1 Å². The number of nitrogens with one attached hydrogen (secondary N) is 1. The lowest BCUT2D eigenvalue weighted by Crippen LogP contribution is -2.14. The van der Waals surface area contributed by atoms with Crippen molar-refractivity contribution in [1.82, 2.24) is 4.98 Å². The van der Waals surface area contributed by atoms with Gasteiger partial charge in [0.2, 0.25) is 0 Å². The molecule has 2 aromatic rings. The fraction of sp³-hybridized carbons (Fsp3) is 0.471. The average molecular weight is 334 g/mol. The van der Waals surface area contributed by atoms with Gasteiger partial charge in [0, 0.05) is 23.3 Å². The number of benzene rings is 1. The van der Waals surface area contributed by atoms with Gasteiger partial charge in [-0.3, -0.25) is 9.17 Å². The lowest BCUT2D eigenvalue weighted by molar-refractivity contribution is 0.319. The molecule has 1 aliphatic rings. The third-order valence-corrected chi connectivity index (χ3v) is 4.68. The first-order valence-corrected chi connectivity index (χ1v) is 9.85. The Morgan fingerprint density at radius 3 is 2.83 bits per heavy atom. The topological polar surface area (TPSA) is 68.3 Å². The van der Waals surface area contributed by atoms with Crippen LogP contribution in [0.1, 0.15) is 30.5 Å². The van der Waals surface area contributed by atoms with Crippen molar-refractivity contribution < 1.29 is 12.6 Å². The summed E-state index contributed by atoms with van der Waals surface area (Å²) in [5, 5.41) is 4.62. The molecule has 6 heteroatoms. The van der Waals surface area contributed by atoms with Gasteiger partial charge in [-0.05, 0) is 43.7 Å². The Morgan fingerprint density at radius 1 is 1.22 bits per heavy atom. The van der Waals surface area contributed by atoms with Crippen LogP contribution in [-0.4, -0.2) is 32.8 Å². The van der Waals surface area contributed by atoms with Crippen LogP contribution in [0.5, 0.6) is 0 Å². The van der Waals surface area contributed by atoms with Crippen molar-refractivity contribution in [1.29, 1.82) is 0 Å². The molecular weight excluding hydrogens is 312 g/mol. The number of pyridine rings is 1. The highest BCUT2D eigenvalue weighted by Gasteiger charge is 2.17. The Hall–Kier alpha value is -1.66. The predicted octanol–water partition coefficient (Wildman–Crippen LogP) is 2.89. The zero-order chi connectivity index (χ0) is 16.3. The molecule has 0 saturated heterocycles. The summed E-state index contributed by atoms with van der Waals surface area (Å²) in [5.41, 5.74) is 4.69. The first kappa shape index (κ1) is 16.2. The minimum atomic E-state index is -3.36. The van der Waals surface area contributed by atoms with E-state index in [1.54, 1.807) is 0 Å². The molecule has 0 unspecified atom stereocenters. The lowest BCUT2D eigenvalue weighted by atomic mass is 9.92. The van der Waals surface area contributed by atoms with Crippen LogP contribution in [0.3, 0.4) is 0 Å². The van der Waals surface area contributed by atoms with E-state index in [0.29, 0.717) is 13.0 Å². The largest absolute Gasteiger partial charge is 0.384 e. The maximum absolute atomic E-state index is 11.0. The van der Waals surface area contributed by atoms with Crippen LogP contribution in [0.2, 0.25) is 0 Å². The number of hydrogen-bond donors (Lipinski definition) is 1. The van der Waals surface area contributed by atoms with Gasteiger partial charge >= 0.3 is 0 Å². The number of anilines is 1. The van der Waals surface area contributed by atoms with Gasteiger partial charge in [0.25, 0.3) is 10.1 Å². The molecule has 1 aliphatic carbocycles. The van der Waals surface area contributed by atoms with Crippen molar-refractivity contribution in [2.24, 2.45) is 0 Å². The first-order chi connectivity index (χ1) is 11.0. The molecule has 0 amide bonds. The molecule has 0 aliphatic heterocycles. The van der Waals surface area contributed by atoms with E-state index in [4.69, 9.17) is 9.17 Å². The molecule has 0 spiro atoms. The zero-order valence-electron chi connectivity index (χ0n) is 13.3. The maximum atomic E-state index is 11.0. The Labute approximate surface area is 137 Å². The van der Waals surface area contributed by atoms with Crippen LogP contribution in [0, 0.1) is 0 Å². The van der Waals surface area contributed by atoms with Gasteiger partial charge in [-0.15, -0.1) is 0 Å². The zero-order valence-corrected chi connectivity index (χ0v) is 14.2. The average Bonchev–Trinajstić information content (AvgIpc) is 2.52. The van der Waals surface area contributed by atoms with Crippen LogP contribution in [0.15, 0.2) is 24.3 Å². The van der Waals surface area contributed by atoms with Crippen LogP contribution < -0.4 is 5.32 Å². The first-order valence-electron chi connectivity index (χ1n) is 8.03. The van der Waals surface area contributed by atoms with Crippen LogP contribution in [0.25, 0.3) is 10.9 Å². The summed E-state index contributed by atoms with van der Waals surface area (Å²) >= 11 is 0. The molecule has 1 aromatic heterocycles. The van der Waals surface area contributed by atoms with Crippen LogP contribution in [0.4, 0.5) is 5.69 Å². The van der Waals surface area contributed by atoms with Crippen molar-refractivity contribution in [3.05, 3.63) is 35.5 Å². The quantitative estimate of drug-likeness (QED) is 0.650. The molecule has 3 rings (SSSR count). The predicted molar refractivity (Wildman–Crippen MR) is 92.3 cm³/mol. The molecule has 1 heterocycles. The van der Waals surface area contributed by atoms with E-state index in [1.807, 2.05) is 18.2 Å². The molecule has 0 bridgehead atoms. The van der Waals surface area contributed by atoms with Gasteiger partial charge in [-0.2, -0.15) is 8.42 Å². The van der Waals surface area contributed by atoms with E-state index in [-0.39, 0.29) is 6.61 Å². The molecule has 0 saturated carbocycles. The minimum absolute atomic E-state index is 0.205. The normalized spacial score (nSPS) is 14.7. The highest BCUT2D eigenvalue weighted by atomic mass is 32.2. The van der Waals surface area contributed by atoms with Crippen molar-refractivity contribution in [2.45, 2.75) is 32.1 Å². The Balaban J connectivity index is 1.78. The molecular formula is C17H22N2O3S. The number of aromatic nitrogens is 1. The number of para-hydroxylation sites is 1. The van der Waals surface area contributed by atoms with Crippen molar-refractivity contribution >= 4 is 26.7 Å². The van der Waals surface area contributed by atoms with E-state index in [2.05, 4.69) is 11.4 Å². The van der Waals surface area contributed by atoms with E-state index in [0.717, 1.165) is 35.7 Å². The number of hydrogen-bond acceptors (Lipinski definition) is 5. The molecule has 124 valence electrons. The fourth-order valence-electron chi connectivity index (χ4n) is 3.07. The van der Waals surface area contributed by atoms with Crippen molar-refractivity contribution in [2.75, 3.05) is 24.7 Å². The molecule has 23 heavy (non-hydrogen) atoms. The van der Waals surface area contributed by atoms with Crippen molar-refractivity contribution in [3.63, 3.8) is 0 Å². The second-order valence-electron chi connectivity index (χ2n) is 5.94. The van der Waals surface area contributed by atoms with E-state index >= 15 is 0 Å². The Bertz CT molecular complexity index is 803. The summed E-state index contributed by atoms with van der Waals surface area (Å²) in [6.45, 7) is 0.882. The number of aryl methyl sites for hydroxylation is 1. The van der Waals surface area contributed by atoms with Gasteiger partial charge < -0.3 is 5.32 Å². The van der Waals surface area contributed by atoms with Gasteiger partial charge in [0.05, 0.1) is 18.4 Å². The number of fused-ring (bicyclic) bond motifs is 2. The van der Waals surface area contributed by atoms with E-state index in [9.17, 15) is 8.42 Å². The monoisotopic (exact) mass is 334 g/mol. The van der Waals surface area contributed by atoms with E-state index in [1.165, 1.54) is 24.1 Å². The highest BCUT2D eigenvalue weighted by molar-refractivity contribution is 7.85. The summed E-state index contributed by atoms with van der Waals surface area (Å²) in [6.07, 6.45) is 6.19. The molecule has 5 nitrogen and oxygen atoms in total. The lowest BCUT2D eigenvalue weighted by Gasteiger charge is -2.21. The molecule has 0 atom stereocenters. The summed E-state index contributed by atoms with van der Waals surface area (Å²) in [4.78, 5) is 4.81. The molecule has 1 aromatic carbocycles. The standard InChI is InChI=1S/C17H22N2O3S/c1-23(20,21)22-12-6-11-18-17-13-7-2-4-9-15(13)19-16-10-5-3-8-14(16)17/h2,4,7,9H,3,5-6,8,10-12H2,1H3,(H,18,19). The second kappa shape index (κ2) is 6.84. The van der Waals surface area contributed by atoms with Crippen molar-refractivity contribution in [3.8, 4) is 0 Å². The summed E-state index contributed by atoms with van der Waals surface area (Å²) in [5.74, 6) is 0. The second-order valence-corrected chi connectivity index (χ2v) is 7.59. The van der Waals surface area contributed by atoms with Gasteiger partial charge in [-0.25, -0.2) is 0 Å². The van der Waals surface area contributed by atoms with Gasteiger partial charge in [0.1, 0.15) is 0 Å². The van der Waals surface area contributed by atoms with Gasteiger partial charge in [0.15, 0.2) is 0 Å². The fourth-order valence-corrected chi connectivity index (χ4v) is 3.49. The summed E-state index contributed by atoms with van der Waals surface area (Å²) in [6, 6.07) is 8.17. The van der Waals surface area contributed by atoms with Crippen LogP contribution >= 0.6 is 0 Å². The van der Waals surface area contributed by atoms with Crippen LogP contribution in [-0.2, 0) is 27.1 Å². The number of rotatable bonds is 6. The SMILES string of the molecule is CS(=O)(=O)OCCCNc1c2c(nc3ccccc13)CCCC2. The third-order valence-electron chi connectivity index (χ3n) is 4.09. The smallest absolute Gasteiger partial charge is 0.264 e. The van der Waals surface area contributed by atoms with Gasteiger partial charge in [-0.1, -0.05) is 18.2 Å². The minimum Gasteiger partial charge on any atom is -0.384 e.